The number of nitrogens with one attached hydrogen (secondary N) is 1. The summed E-state index contributed by atoms with van der Waals surface area (Å²) in [4.78, 5) is 28.9. The third kappa shape index (κ3) is 8.35. The number of hydrogen-bond acceptors (Lipinski definition) is 4. The van der Waals surface area contributed by atoms with Crippen LogP contribution in [0.2, 0.25) is 0 Å². The molecule has 3 aromatic rings. The van der Waals surface area contributed by atoms with Gasteiger partial charge in [-0.1, -0.05) is 71.4 Å². The van der Waals surface area contributed by atoms with Crippen molar-refractivity contribution in [1.29, 1.82) is 0 Å². The van der Waals surface area contributed by atoms with Crippen LogP contribution < -0.4 is 14.8 Å². The van der Waals surface area contributed by atoms with E-state index in [-0.39, 0.29) is 18.2 Å². The van der Waals surface area contributed by atoms with Crippen LogP contribution in [0.5, 0.6) is 11.5 Å². The molecule has 7 heteroatoms. The molecular weight excluding hydrogens is 532 g/mol. The normalized spacial score (nSPS) is 11.5. The van der Waals surface area contributed by atoms with Gasteiger partial charge in [0.25, 0.3) is 0 Å². The Bertz CT molecular complexity index is 1150. The van der Waals surface area contributed by atoms with Gasteiger partial charge >= 0.3 is 0 Å². The summed E-state index contributed by atoms with van der Waals surface area (Å²) in [6.45, 7) is 2.92. The van der Waals surface area contributed by atoms with Crippen LogP contribution in [0, 0.1) is 0 Å². The number of nitrogens with zero attached hydrogens (tertiary/aromatic N) is 1. The van der Waals surface area contributed by atoms with Crippen LogP contribution in [0.3, 0.4) is 0 Å². The number of hydrogen-bond donors (Lipinski definition) is 1. The van der Waals surface area contributed by atoms with Crippen molar-refractivity contribution in [3.05, 3.63) is 94.0 Å². The van der Waals surface area contributed by atoms with E-state index in [1.165, 1.54) is 0 Å². The van der Waals surface area contributed by atoms with Crippen LogP contribution in [0.15, 0.2) is 77.3 Å². The molecule has 0 saturated heterocycles. The van der Waals surface area contributed by atoms with Gasteiger partial charge in [-0.15, -0.1) is 0 Å². The average molecular weight is 568 g/mol. The highest BCUT2D eigenvalue weighted by Gasteiger charge is 2.30. The molecule has 1 N–H and O–H groups in total. The first-order valence-corrected chi connectivity index (χ1v) is 13.3. The second-order valence-corrected chi connectivity index (χ2v) is 9.75. The summed E-state index contributed by atoms with van der Waals surface area (Å²) in [6.07, 6.45) is 2.04. The first-order valence-electron chi connectivity index (χ1n) is 12.5. The number of methoxy groups -OCH3 is 2. The van der Waals surface area contributed by atoms with Crippen molar-refractivity contribution in [1.82, 2.24) is 10.2 Å². The van der Waals surface area contributed by atoms with Crippen molar-refractivity contribution in [3.8, 4) is 11.5 Å². The Balaban J connectivity index is 1.88. The van der Waals surface area contributed by atoms with Gasteiger partial charge in [-0.3, -0.25) is 9.59 Å². The Morgan fingerprint density at radius 3 is 2.22 bits per heavy atom. The number of aryl methyl sites for hydroxylation is 1. The van der Waals surface area contributed by atoms with E-state index in [9.17, 15) is 9.59 Å². The molecule has 0 radical (unpaired) electrons. The molecule has 0 fully saturated rings. The number of carbonyl (C=O) groups excluding carboxylic acids is 2. The van der Waals surface area contributed by atoms with Crippen molar-refractivity contribution in [2.45, 2.75) is 45.2 Å². The fourth-order valence-electron chi connectivity index (χ4n) is 4.14. The van der Waals surface area contributed by atoms with E-state index < -0.39 is 6.04 Å². The van der Waals surface area contributed by atoms with E-state index in [1.54, 1.807) is 19.1 Å². The fraction of sp³-hybridized carbons (Fsp3) is 0.333. The summed E-state index contributed by atoms with van der Waals surface area (Å²) in [5, 5.41) is 3.01. The van der Waals surface area contributed by atoms with Gasteiger partial charge in [0.2, 0.25) is 11.8 Å². The van der Waals surface area contributed by atoms with E-state index in [0.717, 1.165) is 27.6 Å². The largest absolute Gasteiger partial charge is 0.493 e. The molecule has 37 heavy (non-hydrogen) atoms. The Labute approximate surface area is 228 Å². The second kappa shape index (κ2) is 14.4. The predicted molar refractivity (Wildman–Crippen MR) is 150 cm³/mol. The lowest BCUT2D eigenvalue weighted by atomic mass is 10.0. The first kappa shape index (κ1) is 28.3. The lowest BCUT2D eigenvalue weighted by molar-refractivity contribution is -0.141. The highest BCUT2D eigenvalue weighted by molar-refractivity contribution is 9.10. The molecule has 6 nitrogen and oxygen atoms in total. The van der Waals surface area contributed by atoms with Gasteiger partial charge in [-0.2, -0.15) is 0 Å². The molecule has 0 heterocycles. The Morgan fingerprint density at radius 2 is 1.57 bits per heavy atom. The molecule has 0 unspecified atom stereocenters. The van der Waals surface area contributed by atoms with Crippen molar-refractivity contribution in [2.24, 2.45) is 0 Å². The summed E-state index contributed by atoms with van der Waals surface area (Å²) >= 11 is 3.47. The van der Waals surface area contributed by atoms with Crippen molar-refractivity contribution in [2.75, 3.05) is 20.8 Å². The minimum Gasteiger partial charge on any atom is -0.493 e. The monoisotopic (exact) mass is 566 g/mol. The summed E-state index contributed by atoms with van der Waals surface area (Å²) < 4.78 is 11.7. The molecule has 0 aliphatic heterocycles. The summed E-state index contributed by atoms with van der Waals surface area (Å²) in [6, 6.07) is 22.7. The van der Waals surface area contributed by atoms with Gasteiger partial charge in [-0.25, -0.2) is 0 Å². The average Bonchev–Trinajstić information content (AvgIpc) is 2.93. The number of carbonyl (C=O) groups is 2. The topological polar surface area (TPSA) is 67.9 Å². The summed E-state index contributed by atoms with van der Waals surface area (Å²) in [5.74, 6) is 1.05. The Hall–Kier alpha value is -3.32. The molecule has 2 amide bonds. The van der Waals surface area contributed by atoms with Gasteiger partial charge in [0.1, 0.15) is 6.04 Å². The lowest BCUT2D eigenvalue weighted by Crippen LogP contribution is -2.50. The van der Waals surface area contributed by atoms with Gasteiger partial charge in [0.15, 0.2) is 11.5 Å². The predicted octanol–water partition coefficient (Wildman–Crippen LogP) is 5.57. The molecule has 0 spiro atoms. The molecule has 0 aliphatic carbocycles. The maximum Gasteiger partial charge on any atom is 0.243 e. The quantitative estimate of drug-likeness (QED) is 0.294. The van der Waals surface area contributed by atoms with Crippen LogP contribution >= 0.6 is 15.9 Å². The molecule has 0 aliphatic rings. The lowest BCUT2D eigenvalue weighted by Gasteiger charge is -2.31. The molecule has 3 rings (SSSR count). The minimum atomic E-state index is -0.629. The van der Waals surface area contributed by atoms with Crippen LogP contribution in [0.25, 0.3) is 0 Å². The van der Waals surface area contributed by atoms with Crippen LogP contribution in [-0.2, 0) is 29.0 Å². The van der Waals surface area contributed by atoms with Crippen molar-refractivity contribution in [3.63, 3.8) is 0 Å². The molecule has 196 valence electrons. The summed E-state index contributed by atoms with van der Waals surface area (Å²) in [5.41, 5.74) is 2.93. The van der Waals surface area contributed by atoms with Crippen molar-refractivity contribution >= 4 is 27.7 Å². The number of benzene rings is 3. The Morgan fingerprint density at radius 1 is 0.892 bits per heavy atom. The highest BCUT2D eigenvalue weighted by atomic mass is 79.9. The van der Waals surface area contributed by atoms with Crippen LogP contribution in [0.1, 0.15) is 36.5 Å². The zero-order valence-corrected chi connectivity index (χ0v) is 23.3. The second-order valence-electron chi connectivity index (χ2n) is 8.83. The molecule has 0 saturated carbocycles. The molecule has 3 aromatic carbocycles. The zero-order chi connectivity index (χ0) is 26.6. The van der Waals surface area contributed by atoms with Crippen molar-refractivity contribution < 1.29 is 19.1 Å². The first-order chi connectivity index (χ1) is 17.9. The zero-order valence-electron chi connectivity index (χ0n) is 21.7. The Kier molecular flexibility index (Phi) is 11.0. The fourth-order valence-corrected chi connectivity index (χ4v) is 4.40. The highest BCUT2D eigenvalue weighted by Crippen LogP contribution is 2.28. The third-order valence-corrected chi connectivity index (χ3v) is 6.69. The van der Waals surface area contributed by atoms with Gasteiger partial charge < -0.3 is 19.7 Å². The smallest absolute Gasteiger partial charge is 0.243 e. The number of ether oxygens (including phenoxy) is 2. The molecule has 0 aromatic heterocycles. The summed E-state index contributed by atoms with van der Waals surface area (Å²) in [7, 11) is 3.19. The molecular formula is C30H35BrN2O4. The molecule has 1 atom stereocenters. The third-order valence-electron chi connectivity index (χ3n) is 6.16. The van der Waals surface area contributed by atoms with E-state index in [0.29, 0.717) is 37.4 Å². The van der Waals surface area contributed by atoms with E-state index in [4.69, 9.17) is 9.47 Å². The SMILES string of the molecule is CCCNC(=O)[C@@H](Cc1ccccc1)N(Cc1ccc(Br)cc1)C(=O)CCc1ccc(OC)c(OC)c1. The van der Waals surface area contributed by atoms with Gasteiger partial charge in [0.05, 0.1) is 14.2 Å². The van der Waals surface area contributed by atoms with Gasteiger partial charge in [-0.05, 0) is 53.8 Å². The van der Waals surface area contributed by atoms with E-state index >= 15 is 0 Å². The van der Waals surface area contributed by atoms with E-state index in [2.05, 4.69) is 21.2 Å². The van der Waals surface area contributed by atoms with Gasteiger partial charge in [0, 0.05) is 30.4 Å². The maximum atomic E-state index is 13.8. The number of halogens is 1. The van der Waals surface area contributed by atoms with Crippen LogP contribution in [0.4, 0.5) is 0 Å². The molecule has 0 bridgehead atoms. The number of rotatable bonds is 13. The van der Waals surface area contributed by atoms with Crippen LogP contribution in [-0.4, -0.2) is 43.5 Å². The van der Waals surface area contributed by atoms with E-state index in [1.807, 2.05) is 79.7 Å². The minimum absolute atomic E-state index is 0.0784. The standard InChI is InChI=1S/C30H35BrN2O4/c1-4-18-32-30(35)26(19-22-8-6-5-7-9-22)33(21-24-10-14-25(31)15-11-24)29(34)17-13-23-12-16-27(36-2)28(20-23)37-3/h5-12,14-16,20,26H,4,13,17-19,21H2,1-3H3,(H,32,35)/t26-/m1/s1. The maximum absolute atomic E-state index is 13.8. The number of amides is 2.